The van der Waals surface area contributed by atoms with Gasteiger partial charge in [-0.25, -0.2) is 0 Å². The van der Waals surface area contributed by atoms with E-state index < -0.39 is 44.5 Å². The van der Waals surface area contributed by atoms with Crippen LogP contribution in [0.4, 0.5) is 5.69 Å². The number of hydrogen-bond donors (Lipinski definition) is 3. The molecule has 1 unspecified atom stereocenters. The van der Waals surface area contributed by atoms with Gasteiger partial charge >= 0.3 is 11.9 Å². The van der Waals surface area contributed by atoms with Gasteiger partial charge in [0.15, 0.2) is 0 Å². The number of carboxylic acid groups (broad SMARTS) is 2. The van der Waals surface area contributed by atoms with Crippen LogP contribution in [0.25, 0.3) is 0 Å². The Balaban J connectivity index is 1.56. The molecule has 45 heavy (non-hydrogen) atoms. The van der Waals surface area contributed by atoms with Crippen molar-refractivity contribution in [1.82, 2.24) is 5.32 Å². The predicted octanol–water partition coefficient (Wildman–Crippen LogP) is 5.21. The highest BCUT2D eigenvalue weighted by atomic mass is 32.2. The van der Waals surface area contributed by atoms with Crippen molar-refractivity contribution in [1.29, 1.82) is 0 Å². The monoisotopic (exact) mass is 632 g/mol. The van der Waals surface area contributed by atoms with Crippen molar-refractivity contribution < 1.29 is 37.3 Å². The van der Waals surface area contributed by atoms with Gasteiger partial charge in [0.25, 0.3) is 15.8 Å². The standard InChI is InChI=1S/C33H32N2O9S/c36-31(37)24(11-10-22-44-45(42,43)29-20-18-28(19-21-29)35(40)41)23-30(32(38)39)34-33(25-12-4-1-5-13-25,26-14-6-2-7-15-26)27-16-8-3-9-17-27/h1-9,12-21,24,30,34H,10-11,22-23H2,(H,36,37)(H,38,39)/t24?,30-/m0/s1. The molecule has 0 radical (unpaired) electrons. The second kappa shape index (κ2) is 14.7. The van der Waals surface area contributed by atoms with Crippen molar-refractivity contribution in [2.75, 3.05) is 6.61 Å². The van der Waals surface area contributed by atoms with E-state index in [0.29, 0.717) is 0 Å². The third-order valence-corrected chi connectivity index (χ3v) is 8.78. The minimum atomic E-state index is -4.25. The van der Waals surface area contributed by atoms with Gasteiger partial charge in [0.2, 0.25) is 0 Å². The van der Waals surface area contributed by atoms with Crippen molar-refractivity contribution in [3.8, 4) is 0 Å². The average Bonchev–Trinajstić information content (AvgIpc) is 3.05. The maximum atomic E-state index is 12.7. The van der Waals surface area contributed by atoms with E-state index in [9.17, 15) is 38.3 Å². The molecule has 0 fully saturated rings. The first-order chi connectivity index (χ1) is 21.5. The van der Waals surface area contributed by atoms with Crippen molar-refractivity contribution >= 4 is 27.7 Å². The van der Waals surface area contributed by atoms with E-state index in [2.05, 4.69) is 5.32 Å². The highest BCUT2D eigenvalue weighted by Crippen LogP contribution is 2.38. The van der Waals surface area contributed by atoms with Gasteiger partial charge in [-0.05, 0) is 48.1 Å². The lowest BCUT2D eigenvalue weighted by Crippen LogP contribution is -2.53. The summed E-state index contributed by atoms with van der Waals surface area (Å²) in [5.74, 6) is -3.62. The highest BCUT2D eigenvalue weighted by Gasteiger charge is 2.41. The second-order valence-corrected chi connectivity index (χ2v) is 11.9. The third-order valence-electron chi connectivity index (χ3n) is 7.45. The number of nitrogens with one attached hydrogen (secondary N) is 1. The van der Waals surface area contributed by atoms with Gasteiger partial charge in [0, 0.05) is 12.1 Å². The molecule has 0 heterocycles. The lowest BCUT2D eigenvalue weighted by Gasteiger charge is -2.39. The second-order valence-electron chi connectivity index (χ2n) is 10.3. The van der Waals surface area contributed by atoms with Crippen LogP contribution in [0.1, 0.15) is 36.0 Å². The van der Waals surface area contributed by atoms with Crippen molar-refractivity contribution in [3.05, 3.63) is 142 Å². The average molecular weight is 633 g/mol. The summed E-state index contributed by atoms with van der Waals surface area (Å²) < 4.78 is 30.1. The molecule has 0 bridgehead atoms. The number of carboxylic acids is 2. The molecule has 4 rings (SSSR count). The smallest absolute Gasteiger partial charge is 0.320 e. The van der Waals surface area contributed by atoms with E-state index in [1.54, 1.807) is 0 Å². The summed E-state index contributed by atoms with van der Waals surface area (Å²) in [6.07, 6.45) is -0.365. The number of nitro benzene ring substituents is 1. The van der Waals surface area contributed by atoms with Crippen LogP contribution < -0.4 is 5.32 Å². The summed E-state index contributed by atoms with van der Waals surface area (Å²) in [4.78, 5) is 34.9. The fraction of sp³-hybridized carbons (Fsp3) is 0.212. The topological polar surface area (TPSA) is 173 Å². The predicted molar refractivity (Wildman–Crippen MR) is 165 cm³/mol. The van der Waals surface area contributed by atoms with Gasteiger partial charge in [0.05, 0.1) is 27.9 Å². The van der Waals surface area contributed by atoms with Crippen LogP contribution in [0.3, 0.4) is 0 Å². The molecule has 4 aromatic rings. The van der Waals surface area contributed by atoms with E-state index in [-0.39, 0.29) is 36.5 Å². The number of carbonyl (C=O) groups is 2. The maximum Gasteiger partial charge on any atom is 0.320 e. The number of nitrogens with zero attached hydrogens (tertiary/aromatic N) is 1. The molecule has 0 aliphatic heterocycles. The Kier molecular flexibility index (Phi) is 10.8. The number of aliphatic carboxylic acids is 2. The summed E-state index contributed by atoms with van der Waals surface area (Å²) >= 11 is 0. The molecule has 234 valence electrons. The van der Waals surface area contributed by atoms with Crippen LogP contribution >= 0.6 is 0 Å². The quantitative estimate of drug-likeness (QED) is 0.0489. The van der Waals surface area contributed by atoms with E-state index in [4.69, 9.17) is 4.18 Å². The van der Waals surface area contributed by atoms with Crippen molar-refractivity contribution in [2.45, 2.75) is 35.7 Å². The van der Waals surface area contributed by atoms with Gasteiger partial charge in [0.1, 0.15) is 6.04 Å². The van der Waals surface area contributed by atoms with Crippen LogP contribution in [0.5, 0.6) is 0 Å². The molecular formula is C33H32N2O9S. The minimum Gasteiger partial charge on any atom is -0.481 e. The summed E-state index contributed by atoms with van der Waals surface area (Å²) in [5.41, 5.74) is 0.828. The molecule has 0 aromatic heterocycles. The Labute approximate surface area is 260 Å². The first kappa shape index (κ1) is 33.0. The van der Waals surface area contributed by atoms with Crippen molar-refractivity contribution in [2.24, 2.45) is 5.92 Å². The fourth-order valence-electron chi connectivity index (χ4n) is 5.22. The lowest BCUT2D eigenvalue weighted by molar-refractivity contribution is -0.384. The first-order valence-corrected chi connectivity index (χ1v) is 15.5. The van der Waals surface area contributed by atoms with Crippen molar-refractivity contribution in [3.63, 3.8) is 0 Å². The van der Waals surface area contributed by atoms with Crippen LogP contribution in [0, 0.1) is 16.0 Å². The maximum absolute atomic E-state index is 12.7. The summed E-state index contributed by atoms with van der Waals surface area (Å²) in [5, 5.41) is 34.5. The van der Waals surface area contributed by atoms with E-state index in [1.165, 1.54) is 0 Å². The molecule has 0 aliphatic rings. The summed E-state index contributed by atoms with van der Waals surface area (Å²) in [6.45, 7) is -0.365. The van der Waals surface area contributed by atoms with Crippen LogP contribution in [-0.2, 0) is 29.4 Å². The molecule has 3 N–H and O–H groups in total. The Hall–Kier alpha value is -4.91. The summed E-state index contributed by atoms with van der Waals surface area (Å²) in [7, 11) is -4.25. The SMILES string of the molecule is O=C(O)C(CCCOS(=O)(=O)c1ccc([N+](=O)[O-])cc1)C[C@H](NC(c1ccccc1)(c1ccccc1)c1ccccc1)C(=O)O. The van der Waals surface area contributed by atoms with Crippen LogP contribution in [0.2, 0.25) is 0 Å². The van der Waals surface area contributed by atoms with E-state index >= 15 is 0 Å². The lowest BCUT2D eigenvalue weighted by atomic mass is 9.76. The van der Waals surface area contributed by atoms with Crippen LogP contribution in [0.15, 0.2) is 120 Å². The van der Waals surface area contributed by atoms with Crippen LogP contribution in [-0.4, -0.2) is 48.1 Å². The molecule has 11 nitrogen and oxygen atoms in total. The zero-order chi connectivity index (χ0) is 32.5. The highest BCUT2D eigenvalue weighted by molar-refractivity contribution is 7.86. The molecule has 0 aliphatic carbocycles. The molecule has 0 spiro atoms. The van der Waals surface area contributed by atoms with Gasteiger partial charge < -0.3 is 10.2 Å². The Morgan fingerprint density at radius 3 is 1.64 bits per heavy atom. The number of rotatable bonds is 16. The first-order valence-electron chi connectivity index (χ1n) is 14.1. The Morgan fingerprint density at radius 2 is 1.24 bits per heavy atom. The van der Waals surface area contributed by atoms with Gasteiger partial charge in [-0.15, -0.1) is 0 Å². The number of nitro groups is 1. The molecule has 2 atom stereocenters. The zero-order valence-electron chi connectivity index (χ0n) is 24.1. The molecule has 0 saturated carbocycles. The molecular weight excluding hydrogens is 600 g/mol. The zero-order valence-corrected chi connectivity index (χ0v) is 24.9. The Morgan fingerprint density at radius 1 is 0.778 bits per heavy atom. The fourth-order valence-corrected chi connectivity index (χ4v) is 6.17. The van der Waals surface area contributed by atoms with Gasteiger partial charge in [-0.2, -0.15) is 8.42 Å². The summed E-state index contributed by atoms with van der Waals surface area (Å²) in [6, 6.07) is 30.7. The molecule has 0 saturated heterocycles. The molecule has 0 amide bonds. The van der Waals surface area contributed by atoms with E-state index in [0.717, 1.165) is 41.0 Å². The number of non-ortho nitro benzene ring substituents is 1. The van der Waals surface area contributed by atoms with E-state index in [1.807, 2.05) is 91.0 Å². The number of hydrogen-bond acceptors (Lipinski definition) is 8. The van der Waals surface area contributed by atoms with Gasteiger partial charge in [-0.1, -0.05) is 91.0 Å². The largest absolute Gasteiger partial charge is 0.481 e. The minimum absolute atomic E-state index is 0.00326. The molecule has 4 aromatic carbocycles. The third kappa shape index (κ3) is 7.98. The normalized spacial score (nSPS) is 13.1. The number of benzene rings is 4. The Bertz CT molecular complexity index is 1600. The van der Waals surface area contributed by atoms with Gasteiger partial charge in [-0.3, -0.25) is 29.2 Å². The molecule has 12 heteroatoms.